The lowest BCUT2D eigenvalue weighted by Crippen LogP contribution is -2.28. The number of fused-ring (bicyclic) bond motifs is 1. The third kappa shape index (κ3) is 4.44. The number of benzene rings is 2. The predicted octanol–water partition coefficient (Wildman–Crippen LogP) is 5.19. The van der Waals surface area contributed by atoms with E-state index in [4.69, 9.17) is 14.5 Å². The minimum absolute atomic E-state index is 0.134. The topological polar surface area (TPSA) is 86.0 Å². The van der Waals surface area contributed by atoms with Crippen LogP contribution >= 0.6 is 0 Å². The second-order valence-corrected chi connectivity index (χ2v) is 9.21. The lowest BCUT2D eigenvalue weighted by Gasteiger charge is -2.21. The number of amides is 1. The summed E-state index contributed by atoms with van der Waals surface area (Å²) in [6.45, 7) is 5.59. The van der Waals surface area contributed by atoms with E-state index in [1.54, 1.807) is 59.4 Å². The van der Waals surface area contributed by atoms with Crippen molar-refractivity contribution in [3.05, 3.63) is 83.9 Å². The second kappa shape index (κ2) is 8.50. The van der Waals surface area contributed by atoms with Gasteiger partial charge in [0.25, 0.3) is 0 Å². The summed E-state index contributed by atoms with van der Waals surface area (Å²) in [4.78, 5) is 31.1. The van der Waals surface area contributed by atoms with E-state index in [1.165, 1.54) is 17.0 Å². The highest BCUT2D eigenvalue weighted by Gasteiger charge is 2.36. The molecule has 0 radical (unpaired) electrons. The molecule has 1 fully saturated rings. The molecule has 178 valence electrons. The van der Waals surface area contributed by atoms with E-state index >= 15 is 0 Å². The van der Waals surface area contributed by atoms with Crippen molar-refractivity contribution >= 4 is 23.5 Å². The number of halogens is 1. The molecule has 35 heavy (non-hydrogen) atoms. The van der Waals surface area contributed by atoms with Crippen LogP contribution in [0.15, 0.2) is 67.0 Å². The molecule has 0 spiro atoms. The van der Waals surface area contributed by atoms with E-state index < -0.39 is 23.7 Å². The SMILES string of the molecule is CC(C)(C)OC(=O)c1ccc(-c2cnn3ccc(N4C(=O)OC[C@@H]4c4ccc(F)cc4)nc23)cc1. The van der Waals surface area contributed by atoms with Crippen LogP contribution < -0.4 is 4.90 Å². The molecule has 0 unspecified atom stereocenters. The standard InChI is InChI=1S/C26H23FN4O4/c1-26(2,3)35-24(32)18-6-4-16(5-7-18)20-14-28-30-13-12-22(29-23(20)30)31-21(15-34-25(31)33)17-8-10-19(27)11-9-17/h4-14,21H,15H2,1-3H3/t21-/m1/s1. The molecular weight excluding hydrogens is 451 g/mol. The number of carbonyl (C=O) groups is 2. The Morgan fingerprint density at radius 2 is 1.80 bits per heavy atom. The first-order chi connectivity index (χ1) is 16.7. The molecule has 4 aromatic rings. The average molecular weight is 474 g/mol. The number of hydrogen-bond donors (Lipinski definition) is 0. The number of nitrogens with zero attached hydrogens (tertiary/aromatic N) is 4. The highest BCUT2D eigenvalue weighted by molar-refractivity contribution is 5.92. The Morgan fingerprint density at radius 3 is 2.49 bits per heavy atom. The Kier molecular flexibility index (Phi) is 5.47. The molecule has 9 heteroatoms. The van der Waals surface area contributed by atoms with Gasteiger partial charge >= 0.3 is 12.1 Å². The molecule has 0 aliphatic carbocycles. The number of esters is 1. The van der Waals surface area contributed by atoms with Crippen molar-refractivity contribution in [2.75, 3.05) is 11.5 Å². The van der Waals surface area contributed by atoms with Gasteiger partial charge in [0.15, 0.2) is 5.65 Å². The zero-order chi connectivity index (χ0) is 24.7. The van der Waals surface area contributed by atoms with Crippen molar-refractivity contribution in [3.63, 3.8) is 0 Å². The van der Waals surface area contributed by atoms with Crippen LogP contribution in [0.3, 0.4) is 0 Å². The van der Waals surface area contributed by atoms with Crippen molar-refractivity contribution in [1.82, 2.24) is 14.6 Å². The van der Waals surface area contributed by atoms with Crippen LogP contribution in [-0.4, -0.2) is 38.9 Å². The maximum absolute atomic E-state index is 13.4. The quantitative estimate of drug-likeness (QED) is 0.379. The number of cyclic esters (lactones) is 1. The summed E-state index contributed by atoms with van der Waals surface area (Å²) < 4.78 is 25.7. The Balaban J connectivity index is 1.48. The van der Waals surface area contributed by atoms with Gasteiger partial charge in [0.05, 0.1) is 11.8 Å². The van der Waals surface area contributed by atoms with E-state index in [1.807, 2.05) is 20.8 Å². The molecule has 8 nitrogen and oxygen atoms in total. The van der Waals surface area contributed by atoms with Gasteiger partial charge in [0.1, 0.15) is 29.9 Å². The van der Waals surface area contributed by atoms with Crippen molar-refractivity contribution < 1.29 is 23.5 Å². The van der Waals surface area contributed by atoms with Gasteiger partial charge in [-0.05, 0) is 62.2 Å². The molecule has 1 amide bonds. The normalized spacial score (nSPS) is 15.9. The summed E-state index contributed by atoms with van der Waals surface area (Å²) in [5.41, 5.74) is 2.66. The van der Waals surface area contributed by atoms with Crippen LogP contribution in [0.25, 0.3) is 16.8 Å². The van der Waals surface area contributed by atoms with E-state index in [-0.39, 0.29) is 12.4 Å². The maximum atomic E-state index is 13.4. The fraction of sp³-hybridized carbons (Fsp3) is 0.231. The molecule has 5 rings (SSSR count). The molecule has 3 heterocycles. The molecule has 1 aliphatic heterocycles. The number of aromatic nitrogens is 3. The van der Waals surface area contributed by atoms with Crippen LogP contribution in [0.2, 0.25) is 0 Å². The predicted molar refractivity (Wildman–Crippen MR) is 127 cm³/mol. The molecule has 0 N–H and O–H groups in total. The zero-order valence-electron chi connectivity index (χ0n) is 19.4. The number of ether oxygens (including phenoxy) is 2. The van der Waals surface area contributed by atoms with Gasteiger partial charge in [-0.15, -0.1) is 0 Å². The summed E-state index contributed by atoms with van der Waals surface area (Å²) in [5.74, 6) is -0.364. The van der Waals surface area contributed by atoms with Crippen LogP contribution in [-0.2, 0) is 9.47 Å². The Bertz CT molecular complexity index is 1410. The van der Waals surface area contributed by atoms with Gasteiger partial charge in [-0.25, -0.2) is 23.5 Å². The highest BCUT2D eigenvalue weighted by atomic mass is 19.1. The Hall–Kier alpha value is -4.27. The van der Waals surface area contributed by atoms with Crippen molar-refractivity contribution in [3.8, 4) is 11.1 Å². The minimum atomic E-state index is -0.582. The lowest BCUT2D eigenvalue weighted by molar-refractivity contribution is 0.00695. The van der Waals surface area contributed by atoms with E-state index in [0.717, 1.165) is 16.7 Å². The van der Waals surface area contributed by atoms with Gasteiger partial charge in [-0.2, -0.15) is 5.10 Å². The third-order valence-electron chi connectivity index (χ3n) is 5.56. The van der Waals surface area contributed by atoms with Gasteiger partial charge < -0.3 is 9.47 Å². The number of carbonyl (C=O) groups excluding carboxylic acids is 2. The van der Waals surface area contributed by atoms with Crippen molar-refractivity contribution in [2.45, 2.75) is 32.4 Å². The van der Waals surface area contributed by atoms with E-state index in [0.29, 0.717) is 17.0 Å². The first-order valence-electron chi connectivity index (χ1n) is 11.1. The van der Waals surface area contributed by atoms with Gasteiger partial charge in [0.2, 0.25) is 0 Å². The van der Waals surface area contributed by atoms with Gasteiger partial charge in [-0.3, -0.25) is 4.90 Å². The Labute approximate surface area is 200 Å². The number of rotatable bonds is 4. The summed E-state index contributed by atoms with van der Waals surface area (Å²) in [6.07, 6.45) is 2.86. The minimum Gasteiger partial charge on any atom is -0.456 e. The number of hydrogen-bond acceptors (Lipinski definition) is 6. The van der Waals surface area contributed by atoms with Gasteiger partial charge in [-0.1, -0.05) is 24.3 Å². The monoisotopic (exact) mass is 474 g/mol. The first-order valence-corrected chi connectivity index (χ1v) is 11.1. The van der Waals surface area contributed by atoms with Crippen LogP contribution in [0.5, 0.6) is 0 Å². The highest BCUT2D eigenvalue weighted by Crippen LogP contribution is 2.33. The van der Waals surface area contributed by atoms with Gasteiger partial charge in [0, 0.05) is 11.8 Å². The molecule has 1 atom stereocenters. The van der Waals surface area contributed by atoms with Crippen molar-refractivity contribution in [2.24, 2.45) is 0 Å². The summed E-state index contributed by atoms with van der Waals surface area (Å²) in [5, 5.41) is 4.36. The third-order valence-corrected chi connectivity index (χ3v) is 5.56. The summed E-state index contributed by atoms with van der Waals surface area (Å²) in [6, 6.07) is 14.2. The van der Waals surface area contributed by atoms with Crippen molar-refractivity contribution in [1.29, 1.82) is 0 Å². The van der Waals surface area contributed by atoms with E-state index in [2.05, 4.69) is 5.10 Å². The molecule has 1 saturated heterocycles. The van der Waals surface area contributed by atoms with Crippen LogP contribution in [0.1, 0.15) is 42.7 Å². The average Bonchev–Trinajstić information content (AvgIpc) is 3.41. The fourth-order valence-corrected chi connectivity index (χ4v) is 3.93. The largest absolute Gasteiger partial charge is 0.456 e. The molecular formula is C26H23FN4O4. The molecule has 2 aromatic heterocycles. The second-order valence-electron chi connectivity index (χ2n) is 9.21. The number of anilines is 1. The smallest absolute Gasteiger partial charge is 0.416 e. The first kappa shape index (κ1) is 22.5. The Morgan fingerprint density at radius 1 is 1.09 bits per heavy atom. The van der Waals surface area contributed by atoms with Crippen LogP contribution in [0, 0.1) is 5.82 Å². The van der Waals surface area contributed by atoms with Crippen LogP contribution in [0.4, 0.5) is 15.0 Å². The zero-order valence-corrected chi connectivity index (χ0v) is 19.4. The summed E-state index contributed by atoms with van der Waals surface area (Å²) in [7, 11) is 0. The summed E-state index contributed by atoms with van der Waals surface area (Å²) >= 11 is 0. The fourth-order valence-electron chi connectivity index (χ4n) is 3.93. The maximum Gasteiger partial charge on any atom is 0.416 e. The molecule has 0 saturated carbocycles. The molecule has 2 aromatic carbocycles. The lowest BCUT2D eigenvalue weighted by atomic mass is 10.1. The molecule has 1 aliphatic rings. The van der Waals surface area contributed by atoms with E-state index in [9.17, 15) is 14.0 Å². The molecule has 0 bridgehead atoms.